The number of carbonyl (C=O) groups excluding carboxylic acids is 2. The summed E-state index contributed by atoms with van der Waals surface area (Å²) >= 11 is 0. The zero-order valence-electron chi connectivity index (χ0n) is 15.5. The van der Waals surface area contributed by atoms with E-state index in [-0.39, 0.29) is 17.9 Å². The van der Waals surface area contributed by atoms with E-state index in [1.54, 1.807) is 55.6 Å². The van der Waals surface area contributed by atoms with Crippen LogP contribution in [0.4, 0.5) is 0 Å². The number of esters is 2. The van der Waals surface area contributed by atoms with E-state index in [4.69, 9.17) is 14.2 Å². The highest BCUT2D eigenvalue weighted by Crippen LogP contribution is 2.21. The Hall–Kier alpha value is -3.60. The molecule has 0 aromatic heterocycles. The lowest BCUT2D eigenvalue weighted by molar-refractivity contribution is 0.0504. The van der Waals surface area contributed by atoms with Crippen molar-refractivity contribution < 1.29 is 23.8 Å². The number of methoxy groups -OCH3 is 1. The molecule has 0 heterocycles. The molecule has 0 atom stereocenters. The van der Waals surface area contributed by atoms with Crippen LogP contribution in [0.25, 0.3) is 0 Å². The topological polar surface area (TPSA) is 61.8 Å². The molecule has 0 bridgehead atoms. The highest BCUT2D eigenvalue weighted by Gasteiger charge is 2.17. The van der Waals surface area contributed by atoms with Gasteiger partial charge in [0.2, 0.25) is 0 Å². The maximum absolute atomic E-state index is 12.4. The van der Waals surface area contributed by atoms with Gasteiger partial charge in [0.05, 0.1) is 19.3 Å². The monoisotopic (exact) mass is 376 g/mol. The molecule has 0 fully saturated rings. The highest BCUT2D eigenvalue weighted by atomic mass is 16.5. The van der Waals surface area contributed by atoms with Crippen LogP contribution in [0.2, 0.25) is 0 Å². The Morgan fingerprint density at radius 1 is 0.786 bits per heavy atom. The molecule has 0 unspecified atom stereocenters. The van der Waals surface area contributed by atoms with Crippen molar-refractivity contribution in [3.05, 3.63) is 95.6 Å². The lowest BCUT2D eigenvalue weighted by Gasteiger charge is -2.10. The van der Waals surface area contributed by atoms with Crippen molar-refractivity contribution in [3.8, 4) is 11.5 Å². The van der Waals surface area contributed by atoms with Crippen LogP contribution in [-0.4, -0.2) is 25.7 Å². The van der Waals surface area contributed by atoms with Crippen molar-refractivity contribution in [3.63, 3.8) is 0 Å². The van der Waals surface area contributed by atoms with Crippen LogP contribution in [0.15, 0.2) is 78.9 Å². The second-order valence-corrected chi connectivity index (χ2v) is 5.99. The van der Waals surface area contributed by atoms with E-state index in [1.165, 1.54) is 0 Å². The first kappa shape index (κ1) is 19.2. The quantitative estimate of drug-likeness (QED) is 0.454. The number of para-hydroxylation sites is 1. The highest BCUT2D eigenvalue weighted by molar-refractivity contribution is 5.96. The molecule has 5 nitrogen and oxygen atoms in total. The van der Waals surface area contributed by atoms with E-state index in [0.717, 1.165) is 5.56 Å². The third-order valence-electron chi connectivity index (χ3n) is 4.10. The van der Waals surface area contributed by atoms with E-state index < -0.39 is 11.9 Å². The van der Waals surface area contributed by atoms with Gasteiger partial charge >= 0.3 is 11.9 Å². The zero-order chi connectivity index (χ0) is 19.8. The summed E-state index contributed by atoms with van der Waals surface area (Å²) in [5, 5.41) is 0. The fourth-order valence-corrected chi connectivity index (χ4v) is 2.59. The number of benzene rings is 3. The molecule has 0 N–H and O–H groups in total. The van der Waals surface area contributed by atoms with Crippen LogP contribution in [-0.2, 0) is 11.2 Å². The molecule has 0 amide bonds. The van der Waals surface area contributed by atoms with Crippen molar-refractivity contribution in [2.45, 2.75) is 6.42 Å². The Kier molecular flexibility index (Phi) is 6.41. The molecule has 0 radical (unpaired) electrons. The molecule has 142 valence electrons. The fraction of sp³-hybridized carbons (Fsp3) is 0.130. The average Bonchev–Trinajstić information content (AvgIpc) is 2.75. The Morgan fingerprint density at radius 3 is 2.18 bits per heavy atom. The van der Waals surface area contributed by atoms with Crippen LogP contribution < -0.4 is 9.47 Å². The van der Waals surface area contributed by atoms with Gasteiger partial charge in [0.15, 0.2) is 0 Å². The van der Waals surface area contributed by atoms with Crippen LogP contribution in [0.1, 0.15) is 26.3 Å². The summed E-state index contributed by atoms with van der Waals surface area (Å²) in [6, 6.07) is 22.8. The molecule has 0 aliphatic carbocycles. The van der Waals surface area contributed by atoms with Crippen LogP contribution >= 0.6 is 0 Å². The van der Waals surface area contributed by atoms with Crippen molar-refractivity contribution in [1.29, 1.82) is 0 Å². The Balaban J connectivity index is 1.64. The van der Waals surface area contributed by atoms with E-state index in [0.29, 0.717) is 17.7 Å². The van der Waals surface area contributed by atoms with Gasteiger partial charge in [-0.1, -0.05) is 42.5 Å². The number of ether oxygens (including phenoxy) is 3. The Morgan fingerprint density at radius 2 is 1.46 bits per heavy atom. The third-order valence-corrected chi connectivity index (χ3v) is 4.10. The summed E-state index contributed by atoms with van der Waals surface area (Å²) in [5.41, 5.74) is 1.64. The van der Waals surface area contributed by atoms with Gasteiger partial charge < -0.3 is 14.2 Å². The third kappa shape index (κ3) is 4.98. The van der Waals surface area contributed by atoms with Crippen LogP contribution in [0.5, 0.6) is 11.5 Å². The second-order valence-electron chi connectivity index (χ2n) is 5.99. The number of hydrogen-bond acceptors (Lipinski definition) is 5. The summed E-state index contributed by atoms with van der Waals surface area (Å²) in [7, 11) is 1.55. The summed E-state index contributed by atoms with van der Waals surface area (Å²) in [4.78, 5) is 24.8. The first-order chi connectivity index (χ1) is 13.7. The van der Waals surface area contributed by atoms with Gasteiger partial charge in [-0.3, -0.25) is 0 Å². The summed E-state index contributed by atoms with van der Waals surface area (Å²) < 4.78 is 15.8. The van der Waals surface area contributed by atoms with Crippen molar-refractivity contribution in [2.75, 3.05) is 13.7 Å². The van der Waals surface area contributed by atoms with Crippen molar-refractivity contribution >= 4 is 11.9 Å². The van der Waals surface area contributed by atoms with Gasteiger partial charge in [-0.25, -0.2) is 9.59 Å². The van der Waals surface area contributed by atoms with E-state index in [2.05, 4.69) is 0 Å². The van der Waals surface area contributed by atoms with Gasteiger partial charge in [0, 0.05) is 6.42 Å². The summed E-state index contributed by atoms with van der Waals surface area (Å²) in [5.74, 6) is -0.298. The van der Waals surface area contributed by atoms with Crippen LogP contribution in [0.3, 0.4) is 0 Å². The maximum Gasteiger partial charge on any atom is 0.343 e. The molecule has 0 aliphatic rings. The molecule has 3 aromatic rings. The molecular weight excluding hydrogens is 356 g/mol. The molecule has 0 saturated carbocycles. The Bertz CT molecular complexity index is 933. The largest absolute Gasteiger partial charge is 0.497 e. The molecule has 0 spiro atoms. The molecular formula is C23H20O5. The smallest absolute Gasteiger partial charge is 0.343 e. The SMILES string of the molecule is COc1ccc(C(=O)Oc2ccccc2C(=O)OCCc2ccccc2)cc1. The summed E-state index contributed by atoms with van der Waals surface area (Å²) in [6.07, 6.45) is 0.611. The minimum Gasteiger partial charge on any atom is -0.497 e. The second kappa shape index (κ2) is 9.37. The van der Waals surface area contributed by atoms with E-state index in [9.17, 15) is 9.59 Å². The molecule has 3 rings (SSSR count). The average molecular weight is 376 g/mol. The maximum atomic E-state index is 12.4. The molecule has 28 heavy (non-hydrogen) atoms. The van der Waals surface area contributed by atoms with Gasteiger partial charge in [0.25, 0.3) is 0 Å². The Labute approximate surface area is 163 Å². The number of rotatable bonds is 7. The first-order valence-electron chi connectivity index (χ1n) is 8.83. The number of carbonyl (C=O) groups is 2. The lowest BCUT2D eigenvalue weighted by atomic mass is 10.1. The minimum atomic E-state index is -0.563. The lowest BCUT2D eigenvalue weighted by Crippen LogP contribution is -2.14. The minimum absolute atomic E-state index is 0.160. The zero-order valence-corrected chi connectivity index (χ0v) is 15.5. The normalized spacial score (nSPS) is 10.2. The van der Waals surface area contributed by atoms with Crippen LogP contribution in [0, 0.1) is 0 Å². The van der Waals surface area contributed by atoms with Crippen molar-refractivity contribution in [1.82, 2.24) is 0 Å². The predicted octanol–water partition coefficient (Wildman–Crippen LogP) is 4.31. The number of hydrogen-bond donors (Lipinski definition) is 0. The van der Waals surface area contributed by atoms with Gasteiger partial charge in [-0.15, -0.1) is 0 Å². The van der Waals surface area contributed by atoms with E-state index in [1.807, 2.05) is 30.3 Å². The molecule has 0 saturated heterocycles. The van der Waals surface area contributed by atoms with E-state index >= 15 is 0 Å². The standard InChI is InChI=1S/C23H20O5/c1-26-19-13-11-18(12-14-19)22(24)28-21-10-6-5-9-20(21)23(25)27-16-15-17-7-3-2-4-8-17/h2-14H,15-16H2,1H3. The van der Waals surface area contributed by atoms with Gasteiger partial charge in [0.1, 0.15) is 17.1 Å². The predicted molar refractivity (Wildman–Crippen MR) is 105 cm³/mol. The molecule has 5 heteroatoms. The van der Waals surface area contributed by atoms with Gasteiger partial charge in [-0.05, 0) is 42.0 Å². The molecule has 0 aliphatic heterocycles. The summed E-state index contributed by atoms with van der Waals surface area (Å²) in [6.45, 7) is 0.240. The molecule has 3 aromatic carbocycles. The first-order valence-corrected chi connectivity index (χ1v) is 8.83. The van der Waals surface area contributed by atoms with Gasteiger partial charge in [-0.2, -0.15) is 0 Å². The fourth-order valence-electron chi connectivity index (χ4n) is 2.59. The van der Waals surface area contributed by atoms with Crippen molar-refractivity contribution in [2.24, 2.45) is 0 Å².